The molecule has 3 rings (SSSR count). The maximum Gasteiger partial charge on any atom is 0.325 e. The number of amides is 1. The van der Waals surface area contributed by atoms with Crippen LogP contribution in [0.2, 0.25) is 0 Å². The highest BCUT2D eigenvalue weighted by Crippen LogP contribution is 2.26. The van der Waals surface area contributed by atoms with Gasteiger partial charge >= 0.3 is 5.97 Å². The van der Waals surface area contributed by atoms with Gasteiger partial charge in [0.15, 0.2) is 0 Å². The molecule has 2 aliphatic rings. The number of anilines is 1. The van der Waals surface area contributed by atoms with Crippen molar-refractivity contribution < 1.29 is 14.3 Å². The normalized spacial score (nSPS) is 23.4. The summed E-state index contributed by atoms with van der Waals surface area (Å²) in [4.78, 5) is 33.3. The van der Waals surface area contributed by atoms with Gasteiger partial charge in [0.1, 0.15) is 6.54 Å². The fourth-order valence-electron chi connectivity index (χ4n) is 3.11. The Morgan fingerprint density at radius 1 is 1.43 bits per heavy atom. The molecule has 1 amide bonds. The summed E-state index contributed by atoms with van der Waals surface area (Å²) in [7, 11) is 0. The average molecular weight is 319 g/mol. The largest absolute Gasteiger partial charge is 0.465 e. The third-order valence-electron chi connectivity index (χ3n) is 4.12. The number of aromatic nitrogens is 2. The zero-order valence-corrected chi connectivity index (χ0v) is 13.1. The number of ether oxygens (including phenoxy) is 1. The Balaban J connectivity index is 1.47. The lowest BCUT2D eigenvalue weighted by Gasteiger charge is -2.16. The van der Waals surface area contributed by atoms with E-state index in [0.29, 0.717) is 24.9 Å². The smallest absolute Gasteiger partial charge is 0.325 e. The minimum atomic E-state index is -0.328. The van der Waals surface area contributed by atoms with E-state index in [1.165, 1.54) is 0 Å². The zero-order valence-electron chi connectivity index (χ0n) is 13.1. The highest BCUT2D eigenvalue weighted by Gasteiger charge is 2.39. The summed E-state index contributed by atoms with van der Waals surface area (Å²) < 4.78 is 4.83. The first-order valence-electron chi connectivity index (χ1n) is 7.86. The molecule has 2 aliphatic heterocycles. The maximum absolute atomic E-state index is 11.3. The molecule has 2 N–H and O–H groups in total. The van der Waals surface area contributed by atoms with Crippen LogP contribution >= 0.6 is 0 Å². The van der Waals surface area contributed by atoms with E-state index in [9.17, 15) is 9.59 Å². The minimum absolute atomic E-state index is 0.0579. The molecule has 2 saturated heterocycles. The number of nitrogens with zero attached hydrogens (tertiary/aromatic N) is 3. The van der Waals surface area contributed by atoms with Gasteiger partial charge in [0.25, 0.3) is 0 Å². The topological polar surface area (TPSA) is 96.5 Å². The van der Waals surface area contributed by atoms with Gasteiger partial charge < -0.3 is 15.4 Å². The SMILES string of the molecule is CCOC(=O)CNc1ncc(CN2C[C@@H]3CC(=O)N[C@@H]3C2)cn1. The van der Waals surface area contributed by atoms with Gasteiger partial charge in [0.2, 0.25) is 11.9 Å². The van der Waals surface area contributed by atoms with E-state index < -0.39 is 0 Å². The maximum atomic E-state index is 11.3. The predicted molar refractivity (Wildman–Crippen MR) is 82.5 cm³/mol. The Morgan fingerprint density at radius 3 is 2.91 bits per heavy atom. The van der Waals surface area contributed by atoms with E-state index in [1.54, 1.807) is 19.3 Å². The highest BCUT2D eigenvalue weighted by molar-refractivity contribution is 5.79. The van der Waals surface area contributed by atoms with E-state index in [4.69, 9.17) is 4.74 Å². The molecule has 3 heterocycles. The first-order chi connectivity index (χ1) is 11.1. The van der Waals surface area contributed by atoms with Crippen LogP contribution in [-0.4, -0.2) is 59.0 Å². The van der Waals surface area contributed by atoms with Gasteiger partial charge in [-0.1, -0.05) is 0 Å². The predicted octanol–water partition coefficient (Wildman–Crippen LogP) is -0.228. The molecular formula is C15H21N5O3. The third-order valence-corrected chi connectivity index (χ3v) is 4.12. The van der Waals surface area contributed by atoms with Crippen molar-refractivity contribution in [3.8, 4) is 0 Å². The van der Waals surface area contributed by atoms with Gasteiger partial charge in [-0.25, -0.2) is 9.97 Å². The van der Waals surface area contributed by atoms with Crippen LogP contribution in [0.5, 0.6) is 0 Å². The zero-order chi connectivity index (χ0) is 16.2. The Labute approximate surface area is 134 Å². The summed E-state index contributed by atoms with van der Waals surface area (Å²) in [6.07, 6.45) is 4.15. The number of hydrogen-bond acceptors (Lipinski definition) is 7. The first-order valence-corrected chi connectivity index (χ1v) is 7.86. The second kappa shape index (κ2) is 6.91. The molecule has 0 saturated carbocycles. The molecule has 2 atom stereocenters. The Kier molecular flexibility index (Phi) is 4.71. The van der Waals surface area contributed by atoms with Crippen LogP contribution in [-0.2, 0) is 20.9 Å². The number of fused-ring (bicyclic) bond motifs is 1. The molecule has 1 aromatic rings. The van der Waals surface area contributed by atoms with Crippen LogP contribution < -0.4 is 10.6 Å². The van der Waals surface area contributed by atoms with E-state index in [2.05, 4.69) is 25.5 Å². The molecule has 0 bridgehead atoms. The van der Waals surface area contributed by atoms with Gasteiger partial charge in [0, 0.05) is 56.0 Å². The van der Waals surface area contributed by atoms with Gasteiger partial charge in [-0.3, -0.25) is 14.5 Å². The van der Waals surface area contributed by atoms with Crippen molar-refractivity contribution in [2.24, 2.45) is 5.92 Å². The van der Waals surface area contributed by atoms with E-state index in [0.717, 1.165) is 25.2 Å². The van der Waals surface area contributed by atoms with Gasteiger partial charge in [-0.15, -0.1) is 0 Å². The van der Waals surface area contributed by atoms with Crippen LogP contribution in [0, 0.1) is 5.92 Å². The van der Waals surface area contributed by atoms with Crippen LogP contribution in [0.4, 0.5) is 5.95 Å². The number of esters is 1. The Morgan fingerprint density at radius 2 is 2.22 bits per heavy atom. The molecule has 0 spiro atoms. The van der Waals surface area contributed by atoms with Crippen LogP contribution in [0.1, 0.15) is 18.9 Å². The van der Waals surface area contributed by atoms with Crippen molar-refractivity contribution in [1.29, 1.82) is 0 Å². The monoisotopic (exact) mass is 319 g/mol. The van der Waals surface area contributed by atoms with Crippen molar-refractivity contribution in [2.45, 2.75) is 25.9 Å². The summed E-state index contributed by atoms with van der Waals surface area (Å²) in [5.74, 6) is 0.673. The quantitative estimate of drug-likeness (QED) is 0.699. The molecule has 8 nitrogen and oxygen atoms in total. The summed E-state index contributed by atoms with van der Waals surface area (Å²) in [5.41, 5.74) is 1.01. The Bertz CT molecular complexity index is 561. The molecule has 0 radical (unpaired) electrons. The molecule has 0 aromatic carbocycles. The molecule has 124 valence electrons. The fraction of sp³-hybridized carbons (Fsp3) is 0.600. The number of carbonyl (C=O) groups excluding carboxylic acids is 2. The summed E-state index contributed by atoms with van der Waals surface area (Å²) in [6.45, 7) is 4.74. The summed E-state index contributed by atoms with van der Waals surface area (Å²) >= 11 is 0. The van der Waals surface area contributed by atoms with Gasteiger partial charge in [-0.2, -0.15) is 0 Å². The lowest BCUT2D eigenvalue weighted by molar-refractivity contribution is -0.140. The highest BCUT2D eigenvalue weighted by atomic mass is 16.5. The molecule has 23 heavy (non-hydrogen) atoms. The second-order valence-electron chi connectivity index (χ2n) is 5.91. The summed E-state index contributed by atoms with van der Waals surface area (Å²) in [6, 6.07) is 0.286. The Hall–Kier alpha value is -2.22. The molecule has 0 aliphatic carbocycles. The van der Waals surface area contributed by atoms with E-state index >= 15 is 0 Å². The van der Waals surface area contributed by atoms with Crippen LogP contribution in [0.25, 0.3) is 0 Å². The first kappa shape index (κ1) is 15.7. The van der Waals surface area contributed by atoms with Crippen LogP contribution in [0.15, 0.2) is 12.4 Å². The average Bonchev–Trinajstić information content (AvgIpc) is 3.03. The standard InChI is InChI=1S/C15H21N5O3/c1-2-23-14(22)6-18-15-16-4-10(5-17-15)7-20-8-11-3-13(21)19-12(11)9-20/h4-5,11-12H,2-3,6-9H2,1H3,(H,19,21)(H,16,17,18)/t11-,12+/m0/s1. The molecule has 0 unspecified atom stereocenters. The second-order valence-corrected chi connectivity index (χ2v) is 5.91. The molecule has 8 heteroatoms. The van der Waals surface area contributed by atoms with E-state index in [1.807, 2.05) is 0 Å². The molecule has 2 fully saturated rings. The fourth-order valence-corrected chi connectivity index (χ4v) is 3.11. The molecule has 1 aromatic heterocycles. The number of hydrogen-bond donors (Lipinski definition) is 2. The van der Waals surface area contributed by atoms with Crippen molar-refractivity contribution in [1.82, 2.24) is 20.2 Å². The number of carbonyl (C=O) groups is 2. The molecular weight excluding hydrogens is 298 g/mol. The third kappa shape index (κ3) is 3.95. The lowest BCUT2D eigenvalue weighted by Crippen LogP contribution is -2.32. The minimum Gasteiger partial charge on any atom is -0.465 e. The van der Waals surface area contributed by atoms with Crippen molar-refractivity contribution >= 4 is 17.8 Å². The summed E-state index contributed by atoms with van der Waals surface area (Å²) in [5, 5.41) is 5.84. The van der Waals surface area contributed by atoms with Crippen molar-refractivity contribution in [3.63, 3.8) is 0 Å². The van der Waals surface area contributed by atoms with E-state index in [-0.39, 0.29) is 24.5 Å². The number of nitrogens with one attached hydrogen (secondary N) is 2. The lowest BCUT2D eigenvalue weighted by atomic mass is 10.1. The van der Waals surface area contributed by atoms with Crippen molar-refractivity contribution in [2.75, 3.05) is 31.6 Å². The van der Waals surface area contributed by atoms with Gasteiger partial charge in [0.05, 0.1) is 6.61 Å². The van der Waals surface area contributed by atoms with Crippen LogP contribution in [0.3, 0.4) is 0 Å². The van der Waals surface area contributed by atoms with Crippen molar-refractivity contribution in [3.05, 3.63) is 18.0 Å². The van der Waals surface area contributed by atoms with Gasteiger partial charge in [-0.05, 0) is 6.92 Å². The number of likely N-dealkylation sites (tertiary alicyclic amines) is 1. The number of rotatable bonds is 6.